The van der Waals surface area contributed by atoms with Gasteiger partial charge in [-0.25, -0.2) is 4.39 Å². The van der Waals surface area contributed by atoms with E-state index in [2.05, 4.69) is 0 Å². The number of hydrogen-bond acceptors (Lipinski definition) is 2. The van der Waals surface area contributed by atoms with Crippen molar-refractivity contribution >= 4 is 40.6 Å². The van der Waals surface area contributed by atoms with Gasteiger partial charge in [0.25, 0.3) is 3.79 Å². The Labute approximate surface area is 101 Å². The van der Waals surface area contributed by atoms with Crippen LogP contribution in [0.3, 0.4) is 0 Å². The molecule has 0 heterocycles. The Hall–Kier alpha value is -0.510. The molecule has 0 bridgehead atoms. The van der Waals surface area contributed by atoms with Crippen molar-refractivity contribution in [3.63, 3.8) is 0 Å². The first-order chi connectivity index (χ1) is 6.86. The lowest BCUT2D eigenvalue weighted by Gasteiger charge is -2.12. The number of ketones is 1. The van der Waals surface area contributed by atoms with E-state index in [4.69, 9.17) is 39.5 Å². The van der Waals surface area contributed by atoms with E-state index < -0.39 is 15.4 Å². The number of hydrogen-bond donors (Lipinski definition) is 0. The second-order valence-electron chi connectivity index (χ2n) is 2.67. The summed E-state index contributed by atoms with van der Waals surface area (Å²) in [6.45, 7) is 0. The summed E-state index contributed by atoms with van der Waals surface area (Å²) in [6, 6.07) is 3.40. The largest absolute Gasteiger partial charge is 0.496 e. The van der Waals surface area contributed by atoms with Crippen molar-refractivity contribution in [1.82, 2.24) is 0 Å². The first kappa shape index (κ1) is 12.6. The van der Waals surface area contributed by atoms with Crippen molar-refractivity contribution < 1.29 is 13.9 Å². The summed E-state index contributed by atoms with van der Waals surface area (Å²) in [5.41, 5.74) is -0.0995. The van der Waals surface area contributed by atoms with Crippen molar-refractivity contribution in [1.29, 1.82) is 0 Å². The van der Waals surface area contributed by atoms with Gasteiger partial charge in [-0.3, -0.25) is 4.79 Å². The van der Waals surface area contributed by atoms with Gasteiger partial charge in [0.2, 0.25) is 5.78 Å². The minimum atomic E-state index is -2.12. The molecule has 82 valence electrons. The van der Waals surface area contributed by atoms with Crippen molar-refractivity contribution in [2.45, 2.75) is 3.79 Å². The van der Waals surface area contributed by atoms with E-state index in [1.165, 1.54) is 13.2 Å². The number of benzene rings is 1. The number of carbonyl (C=O) groups is 1. The van der Waals surface area contributed by atoms with Gasteiger partial charge in [-0.05, 0) is 18.2 Å². The van der Waals surface area contributed by atoms with Crippen LogP contribution in [0.1, 0.15) is 10.4 Å². The molecule has 0 radical (unpaired) electrons. The molecule has 0 aliphatic heterocycles. The van der Waals surface area contributed by atoms with Gasteiger partial charge in [-0.2, -0.15) is 0 Å². The number of ether oxygens (including phenoxy) is 1. The zero-order chi connectivity index (χ0) is 11.6. The van der Waals surface area contributed by atoms with Crippen LogP contribution >= 0.6 is 34.8 Å². The number of carbonyl (C=O) groups excluding carboxylic acids is 1. The van der Waals surface area contributed by atoms with Crippen molar-refractivity contribution in [3.05, 3.63) is 29.6 Å². The van der Waals surface area contributed by atoms with E-state index >= 15 is 0 Å². The Morgan fingerprint density at radius 2 is 2.00 bits per heavy atom. The number of halogens is 4. The molecule has 15 heavy (non-hydrogen) atoms. The molecule has 0 saturated heterocycles. The Morgan fingerprint density at radius 3 is 2.47 bits per heavy atom. The van der Waals surface area contributed by atoms with Gasteiger partial charge in [-0.15, -0.1) is 0 Å². The summed E-state index contributed by atoms with van der Waals surface area (Å²) < 4.78 is 15.6. The number of Topliss-reactive ketones (excluding diaryl/α,β-unsaturated/α-hetero) is 1. The second-order valence-corrected chi connectivity index (χ2v) is 4.95. The second kappa shape index (κ2) is 4.56. The van der Waals surface area contributed by atoms with Gasteiger partial charge >= 0.3 is 0 Å². The lowest BCUT2D eigenvalue weighted by atomic mass is 10.1. The summed E-state index contributed by atoms with van der Waals surface area (Å²) in [7, 11) is 1.34. The molecule has 0 amide bonds. The summed E-state index contributed by atoms with van der Waals surface area (Å²) >= 11 is 16.2. The zero-order valence-corrected chi connectivity index (χ0v) is 9.83. The van der Waals surface area contributed by atoms with Crippen LogP contribution < -0.4 is 4.74 Å². The average molecular weight is 272 g/mol. The van der Waals surface area contributed by atoms with E-state index in [1.807, 2.05) is 0 Å². The van der Waals surface area contributed by atoms with Crippen LogP contribution in [-0.2, 0) is 0 Å². The molecule has 0 aromatic heterocycles. The fourth-order valence-corrected chi connectivity index (χ4v) is 1.32. The molecule has 1 rings (SSSR count). The third-order valence-electron chi connectivity index (χ3n) is 1.66. The lowest BCUT2D eigenvalue weighted by molar-refractivity contribution is 0.0993. The molecule has 1 aromatic carbocycles. The highest BCUT2D eigenvalue weighted by Gasteiger charge is 2.33. The molecule has 0 unspecified atom stereocenters. The number of methoxy groups -OCH3 is 1. The van der Waals surface area contributed by atoms with E-state index in [1.54, 1.807) is 0 Å². The first-order valence-corrected chi connectivity index (χ1v) is 4.94. The molecule has 0 saturated carbocycles. The van der Waals surface area contributed by atoms with Crippen LogP contribution in [0.2, 0.25) is 0 Å². The van der Waals surface area contributed by atoms with Gasteiger partial charge < -0.3 is 4.74 Å². The topological polar surface area (TPSA) is 26.3 Å². The van der Waals surface area contributed by atoms with Gasteiger partial charge in [0.15, 0.2) is 0 Å². The number of alkyl halides is 3. The molecular weight excluding hydrogens is 265 g/mol. The predicted octanol–water partition coefficient (Wildman–Crippen LogP) is 3.39. The summed E-state index contributed by atoms with van der Waals surface area (Å²) in [5, 5.41) is 0. The SMILES string of the molecule is COc1ccc(F)cc1C(=O)C(Cl)(Cl)Cl. The van der Waals surface area contributed by atoms with E-state index in [0.29, 0.717) is 0 Å². The molecule has 0 N–H and O–H groups in total. The van der Waals surface area contributed by atoms with E-state index in [9.17, 15) is 9.18 Å². The Bertz CT molecular complexity index is 387. The molecule has 0 spiro atoms. The third kappa shape index (κ3) is 2.97. The lowest BCUT2D eigenvalue weighted by Crippen LogP contribution is -2.19. The van der Waals surface area contributed by atoms with Crippen LogP contribution in [0.15, 0.2) is 18.2 Å². The Balaban J connectivity index is 3.23. The first-order valence-electron chi connectivity index (χ1n) is 3.81. The van der Waals surface area contributed by atoms with Crippen molar-refractivity contribution in [2.75, 3.05) is 7.11 Å². The van der Waals surface area contributed by atoms with Crippen LogP contribution in [0.4, 0.5) is 4.39 Å². The van der Waals surface area contributed by atoms with Crippen LogP contribution in [-0.4, -0.2) is 16.7 Å². The van der Waals surface area contributed by atoms with Gasteiger partial charge in [-0.1, -0.05) is 34.8 Å². The highest BCUT2D eigenvalue weighted by Crippen LogP contribution is 2.33. The van der Waals surface area contributed by atoms with Crippen LogP contribution in [0, 0.1) is 5.82 Å². The summed E-state index contributed by atoms with van der Waals surface area (Å²) in [5.74, 6) is -1.27. The number of rotatable bonds is 2. The van der Waals surface area contributed by atoms with Crippen LogP contribution in [0.5, 0.6) is 5.75 Å². The Kier molecular flexibility index (Phi) is 3.82. The minimum Gasteiger partial charge on any atom is -0.496 e. The summed E-state index contributed by atoms with van der Waals surface area (Å²) in [4.78, 5) is 11.6. The molecular formula is C9H6Cl3FO2. The highest BCUT2D eigenvalue weighted by atomic mass is 35.6. The third-order valence-corrected chi connectivity index (χ3v) is 2.18. The maximum absolute atomic E-state index is 12.9. The monoisotopic (exact) mass is 270 g/mol. The summed E-state index contributed by atoms with van der Waals surface area (Å²) in [6.07, 6.45) is 0. The van der Waals surface area contributed by atoms with Crippen molar-refractivity contribution in [3.8, 4) is 5.75 Å². The molecule has 6 heteroatoms. The quantitative estimate of drug-likeness (QED) is 0.609. The van der Waals surface area contributed by atoms with Crippen LogP contribution in [0.25, 0.3) is 0 Å². The predicted molar refractivity (Wildman–Crippen MR) is 57.6 cm³/mol. The zero-order valence-electron chi connectivity index (χ0n) is 7.56. The molecule has 0 fully saturated rings. The van der Waals surface area contributed by atoms with Gasteiger partial charge in [0.05, 0.1) is 12.7 Å². The van der Waals surface area contributed by atoms with E-state index in [-0.39, 0.29) is 11.3 Å². The smallest absolute Gasteiger partial charge is 0.253 e. The highest BCUT2D eigenvalue weighted by molar-refractivity contribution is 6.77. The standard InChI is InChI=1S/C9H6Cl3FO2/c1-15-7-3-2-5(13)4-6(7)8(14)9(10,11)12/h2-4H,1H3. The molecule has 1 aromatic rings. The van der Waals surface area contributed by atoms with Crippen molar-refractivity contribution in [2.24, 2.45) is 0 Å². The minimum absolute atomic E-state index is 0.0995. The molecule has 0 atom stereocenters. The Morgan fingerprint density at radius 1 is 1.40 bits per heavy atom. The van der Waals surface area contributed by atoms with Gasteiger partial charge in [0.1, 0.15) is 11.6 Å². The van der Waals surface area contributed by atoms with E-state index in [0.717, 1.165) is 12.1 Å². The fourth-order valence-electron chi connectivity index (χ4n) is 1.01. The average Bonchev–Trinajstić information content (AvgIpc) is 2.15. The maximum Gasteiger partial charge on any atom is 0.253 e. The fraction of sp³-hybridized carbons (Fsp3) is 0.222. The molecule has 0 aliphatic rings. The molecule has 2 nitrogen and oxygen atoms in total. The normalized spacial score (nSPS) is 11.3. The van der Waals surface area contributed by atoms with Gasteiger partial charge in [0, 0.05) is 0 Å². The molecule has 0 aliphatic carbocycles. The maximum atomic E-state index is 12.9.